The number of rotatable bonds is 1. The van der Waals surface area contributed by atoms with Crippen LogP contribution in [-0.4, -0.2) is 23.9 Å². The number of likely N-dealkylation sites (tertiary alicyclic amines) is 1. The van der Waals surface area contributed by atoms with E-state index < -0.39 is 0 Å². The molecule has 0 N–H and O–H groups in total. The minimum absolute atomic E-state index is 0.0992. The van der Waals surface area contributed by atoms with Crippen LogP contribution in [0.2, 0.25) is 0 Å². The number of carbonyl (C=O) groups is 1. The molecule has 3 nitrogen and oxygen atoms in total. The van der Waals surface area contributed by atoms with Crippen LogP contribution in [0.4, 0.5) is 0 Å². The summed E-state index contributed by atoms with van der Waals surface area (Å²) in [5.41, 5.74) is 0.663. The molecule has 15 heavy (non-hydrogen) atoms. The first-order valence-corrected chi connectivity index (χ1v) is 5.48. The van der Waals surface area contributed by atoms with Crippen LogP contribution in [0, 0.1) is 11.8 Å². The van der Waals surface area contributed by atoms with E-state index in [1.165, 1.54) is 12.7 Å². The fourth-order valence-electron chi connectivity index (χ4n) is 2.40. The minimum Gasteiger partial charge on any atom is -0.472 e. The third-order valence-corrected chi connectivity index (χ3v) is 2.92. The van der Waals surface area contributed by atoms with E-state index in [9.17, 15) is 4.79 Å². The first-order valence-electron chi connectivity index (χ1n) is 5.48. The Hall–Kier alpha value is -1.25. The lowest BCUT2D eigenvalue weighted by Crippen LogP contribution is -2.42. The van der Waals surface area contributed by atoms with Gasteiger partial charge in [0.05, 0.1) is 11.8 Å². The normalized spacial score (nSPS) is 26.7. The van der Waals surface area contributed by atoms with E-state index in [0.717, 1.165) is 13.1 Å². The number of nitrogens with zero attached hydrogens (tertiary/aromatic N) is 1. The van der Waals surface area contributed by atoms with Gasteiger partial charge >= 0.3 is 0 Å². The number of hydrogen-bond acceptors (Lipinski definition) is 2. The Morgan fingerprint density at radius 3 is 2.60 bits per heavy atom. The third kappa shape index (κ3) is 2.22. The van der Waals surface area contributed by atoms with Gasteiger partial charge in [0, 0.05) is 13.1 Å². The van der Waals surface area contributed by atoms with Gasteiger partial charge in [-0.1, -0.05) is 13.8 Å². The quantitative estimate of drug-likeness (QED) is 0.708. The van der Waals surface area contributed by atoms with Crippen LogP contribution in [0.25, 0.3) is 0 Å². The smallest absolute Gasteiger partial charge is 0.257 e. The monoisotopic (exact) mass is 207 g/mol. The van der Waals surface area contributed by atoms with Gasteiger partial charge in [-0.2, -0.15) is 0 Å². The molecule has 0 spiro atoms. The average molecular weight is 207 g/mol. The molecule has 2 rings (SSSR count). The molecule has 2 heterocycles. The van der Waals surface area contributed by atoms with Crippen molar-refractivity contribution in [1.82, 2.24) is 4.90 Å². The van der Waals surface area contributed by atoms with Crippen LogP contribution >= 0.6 is 0 Å². The van der Waals surface area contributed by atoms with Crippen molar-refractivity contribution < 1.29 is 9.21 Å². The molecule has 1 aliphatic heterocycles. The summed E-state index contributed by atoms with van der Waals surface area (Å²) in [7, 11) is 0. The van der Waals surface area contributed by atoms with E-state index in [0.29, 0.717) is 17.4 Å². The van der Waals surface area contributed by atoms with Gasteiger partial charge in [0.25, 0.3) is 5.91 Å². The third-order valence-electron chi connectivity index (χ3n) is 2.92. The molecule has 0 radical (unpaired) electrons. The van der Waals surface area contributed by atoms with Crippen molar-refractivity contribution in [2.45, 2.75) is 20.3 Å². The molecule has 82 valence electrons. The summed E-state index contributed by atoms with van der Waals surface area (Å²) in [6.45, 7) is 6.14. The van der Waals surface area contributed by atoms with Crippen LogP contribution < -0.4 is 0 Å². The van der Waals surface area contributed by atoms with Crippen LogP contribution in [-0.2, 0) is 0 Å². The summed E-state index contributed by atoms with van der Waals surface area (Å²) in [6, 6.07) is 1.73. The van der Waals surface area contributed by atoms with Gasteiger partial charge in [-0.05, 0) is 24.3 Å². The van der Waals surface area contributed by atoms with Crippen LogP contribution in [0.15, 0.2) is 23.0 Å². The summed E-state index contributed by atoms with van der Waals surface area (Å²) in [6.07, 6.45) is 4.28. The lowest BCUT2D eigenvalue weighted by molar-refractivity contribution is 0.0622. The van der Waals surface area contributed by atoms with Crippen molar-refractivity contribution >= 4 is 5.91 Å². The predicted octanol–water partition coefficient (Wildman–Crippen LogP) is 2.40. The fourth-order valence-corrected chi connectivity index (χ4v) is 2.40. The molecule has 1 aromatic heterocycles. The second-order valence-electron chi connectivity index (χ2n) is 4.67. The number of hydrogen-bond donors (Lipinski definition) is 0. The van der Waals surface area contributed by atoms with E-state index in [1.807, 2.05) is 4.90 Å². The van der Waals surface area contributed by atoms with Crippen molar-refractivity contribution in [3.63, 3.8) is 0 Å². The number of amides is 1. The number of carbonyl (C=O) groups excluding carboxylic acids is 1. The molecule has 0 bridgehead atoms. The highest BCUT2D eigenvalue weighted by atomic mass is 16.3. The molecule has 2 unspecified atom stereocenters. The number of piperidine rings is 1. The summed E-state index contributed by atoms with van der Waals surface area (Å²) in [4.78, 5) is 14.0. The Morgan fingerprint density at radius 1 is 1.40 bits per heavy atom. The van der Waals surface area contributed by atoms with Crippen LogP contribution in [0.3, 0.4) is 0 Å². The molecule has 0 aliphatic carbocycles. The van der Waals surface area contributed by atoms with Gasteiger partial charge in [-0.15, -0.1) is 0 Å². The maximum atomic E-state index is 12.0. The van der Waals surface area contributed by atoms with Crippen LogP contribution in [0.1, 0.15) is 30.6 Å². The maximum Gasteiger partial charge on any atom is 0.257 e. The lowest BCUT2D eigenvalue weighted by atomic mass is 9.91. The Bertz CT molecular complexity index is 321. The first-order chi connectivity index (χ1) is 7.16. The van der Waals surface area contributed by atoms with Crippen molar-refractivity contribution in [3.8, 4) is 0 Å². The molecule has 1 aromatic rings. The van der Waals surface area contributed by atoms with Crippen LogP contribution in [0.5, 0.6) is 0 Å². The zero-order chi connectivity index (χ0) is 10.8. The van der Waals surface area contributed by atoms with Gasteiger partial charge in [-0.3, -0.25) is 4.79 Å². The molecule has 1 aliphatic rings. The van der Waals surface area contributed by atoms with Gasteiger partial charge in [0.2, 0.25) is 0 Å². The Balaban J connectivity index is 2.07. The molecule has 1 fully saturated rings. The summed E-state index contributed by atoms with van der Waals surface area (Å²) in [5.74, 6) is 1.30. The lowest BCUT2D eigenvalue weighted by Gasteiger charge is -2.34. The predicted molar refractivity (Wildman–Crippen MR) is 57.6 cm³/mol. The maximum absolute atomic E-state index is 12.0. The number of furan rings is 1. The Kier molecular flexibility index (Phi) is 2.80. The topological polar surface area (TPSA) is 33.5 Å². The highest BCUT2D eigenvalue weighted by molar-refractivity contribution is 5.93. The molecule has 2 atom stereocenters. The van der Waals surface area contributed by atoms with E-state index in [-0.39, 0.29) is 5.91 Å². The highest BCUT2D eigenvalue weighted by Crippen LogP contribution is 2.22. The molecule has 3 heteroatoms. The summed E-state index contributed by atoms with van der Waals surface area (Å²) in [5, 5.41) is 0. The standard InChI is InChI=1S/C12H17NO2/c1-9-5-10(2)7-13(6-9)12(14)11-3-4-15-8-11/h3-4,8-10H,5-7H2,1-2H3. The SMILES string of the molecule is CC1CC(C)CN(C(=O)c2ccoc2)C1. The Labute approximate surface area is 90.1 Å². The molecular weight excluding hydrogens is 190 g/mol. The van der Waals surface area contributed by atoms with Crippen molar-refractivity contribution in [3.05, 3.63) is 24.2 Å². The van der Waals surface area contributed by atoms with Gasteiger partial charge < -0.3 is 9.32 Å². The molecule has 0 saturated carbocycles. The van der Waals surface area contributed by atoms with E-state index in [2.05, 4.69) is 13.8 Å². The van der Waals surface area contributed by atoms with E-state index in [4.69, 9.17) is 4.42 Å². The fraction of sp³-hybridized carbons (Fsp3) is 0.583. The molecule has 0 aromatic carbocycles. The second kappa shape index (κ2) is 4.09. The first kappa shape index (κ1) is 10.3. The van der Waals surface area contributed by atoms with Gasteiger partial charge in [0.1, 0.15) is 6.26 Å². The minimum atomic E-state index is 0.0992. The zero-order valence-electron chi connectivity index (χ0n) is 9.27. The zero-order valence-corrected chi connectivity index (χ0v) is 9.27. The van der Waals surface area contributed by atoms with E-state index in [1.54, 1.807) is 12.3 Å². The summed E-state index contributed by atoms with van der Waals surface area (Å²) < 4.78 is 4.93. The molecule has 1 amide bonds. The highest BCUT2D eigenvalue weighted by Gasteiger charge is 2.26. The van der Waals surface area contributed by atoms with Crippen molar-refractivity contribution in [2.75, 3.05) is 13.1 Å². The molecule has 1 saturated heterocycles. The van der Waals surface area contributed by atoms with E-state index >= 15 is 0 Å². The summed E-state index contributed by atoms with van der Waals surface area (Å²) >= 11 is 0. The van der Waals surface area contributed by atoms with Crippen molar-refractivity contribution in [1.29, 1.82) is 0 Å². The average Bonchev–Trinajstić information content (AvgIpc) is 2.67. The second-order valence-corrected chi connectivity index (χ2v) is 4.67. The van der Waals surface area contributed by atoms with Crippen molar-refractivity contribution in [2.24, 2.45) is 11.8 Å². The van der Waals surface area contributed by atoms with Gasteiger partial charge in [0.15, 0.2) is 0 Å². The Morgan fingerprint density at radius 2 is 2.07 bits per heavy atom. The largest absolute Gasteiger partial charge is 0.472 e. The van der Waals surface area contributed by atoms with Gasteiger partial charge in [-0.25, -0.2) is 0 Å². The molecular formula is C12H17NO2.